The Balaban J connectivity index is 1.52. The van der Waals surface area contributed by atoms with E-state index in [0.717, 1.165) is 0 Å². The van der Waals surface area contributed by atoms with Gasteiger partial charge in [0.1, 0.15) is 0 Å². The van der Waals surface area contributed by atoms with Gasteiger partial charge in [-0.05, 0) is 45.0 Å². The van der Waals surface area contributed by atoms with Crippen molar-refractivity contribution in [1.82, 2.24) is 15.5 Å². The first-order valence-corrected chi connectivity index (χ1v) is 11.4. The highest BCUT2D eigenvalue weighted by Crippen LogP contribution is 2.29. The van der Waals surface area contributed by atoms with Gasteiger partial charge in [-0.25, -0.2) is 0 Å². The Labute approximate surface area is 187 Å². The summed E-state index contributed by atoms with van der Waals surface area (Å²) >= 11 is 8.34. The molecule has 0 spiro atoms. The van der Waals surface area contributed by atoms with E-state index in [2.05, 4.69) is 20.8 Å². The van der Waals surface area contributed by atoms with E-state index in [0.29, 0.717) is 26.7 Å². The number of nitrogens with zero attached hydrogens (tertiary/aromatic N) is 3. The van der Waals surface area contributed by atoms with Crippen LogP contribution in [0, 0.1) is 5.92 Å². The minimum atomic E-state index is -0.481. The van der Waals surface area contributed by atoms with Gasteiger partial charge in [-0.3, -0.25) is 14.4 Å². The number of hydrogen-bond donors (Lipinski definition) is 2. The van der Waals surface area contributed by atoms with E-state index in [1.807, 2.05) is 20.8 Å². The van der Waals surface area contributed by atoms with Gasteiger partial charge in [0.2, 0.25) is 22.9 Å². The summed E-state index contributed by atoms with van der Waals surface area (Å²) in [6, 6.07) is 6.93. The van der Waals surface area contributed by atoms with Crippen LogP contribution in [0.4, 0.5) is 10.8 Å². The van der Waals surface area contributed by atoms with E-state index in [4.69, 9.17) is 11.6 Å². The molecular weight excluding hydrogens is 446 g/mol. The van der Waals surface area contributed by atoms with E-state index < -0.39 is 5.92 Å². The van der Waals surface area contributed by atoms with Gasteiger partial charge in [0.15, 0.2) is 4.34 Å². The van der Waals surface area contributed by atoms with Crippen LogP contribution in [-0.4, -0.2) is 45.8 Å². The Kier molecular flexibility index (Phi) is 6.99. The standard InChI is InChI=1S/C19H22ClN5O3S2/c1-19(2,3)22-14(26)10-29-18-24-23-17(30-18)21-16(28)11-8-15(27)25(9-11)13-6-4-12(20)5-7-13/h4-7,11H,8-10H2,1-3H3,(H,22,26)(H,21,23,28). The van der Waals surface area contributed by atoms with Crippen molar-refractivity contribution in [3.8, 4) is 0 Å². The molecule has 1 atom stereocenters. The Bertz CT molecular complexity index is 942. The highest BCUT2D eigenvalue weighted by molar-refractivity contribution is 8.01. The number of aromatic nitrogens is 2. The van der Waals surface area contributed by atoms with Crippen LogP contribution >= 0.6 is 34.7 Å². The molecule has 0 saturated carbocycles. The summed E-state index contributed by atoms with van der Waals surface area (Å²) in [7, 11) is 0. The summed E-state index contributed by atoms with van der Waals surface area (Å²) in [5.74, 6) is -0.757. The zero-order valence-corrected chi connectivity index (χ0v) is 19.2. The molecule has 1 fully saturated rings. The van der Waals surface area contributed by atoms with E-state index in [1.165, 1.54) is 23.1 Å². The van der Waals surface area contributed by atoms with Gasteiger partial charge >= 0.3 is 0 Å². The molecule has 0 bridgehead atoms. The fraction of sp³-hybridized carbons (Fsp3) is 0.421. The van der Waals surface area contributed by atoms with Crippen LogP contribution in [0.3, 0.4) is 0 Å². The average Bonchev–Trinajstić information content (AvgIpc) is 3.26. The molecule has 1 aromatic carbocycles. The maximum Gasteiger partial charge on any atom is 0.231 e. The van der Waals surface area contributed by atoms with Gasteiger partial charge in [-0.15, -0.1) is 10.2 Å². The van der Waals surface area contributed by atoms with Crippen molar-refractivity contribution in [3.63, 3.8) is 0 Å². The fourth-order valence-corrected chi connectivity index (χ4v) is 4.54. The molecule has 3 rings (SSSR count). The minimum absolute atomic E-state index is 0.0972. The molecule has 1 aliphatic rings. The lowest BCUT2D eigenvalue weighted by atomic mass is 10.1. The molecule has 2 N–H and O–H groups in total. The van der Waals surface area contributed by atoms with Crippen LogP contribution in [0.2, 0.25) is 5.02 Å². The lowest BCUT2D eigenvalue weighted by molar-refractivity contribution is -0.122. The third-order valence-corrected chi connectivity index (χ3v) is 6.34. The van der Waals surface area contributed by atoms with E-state index in [9.17, 15) is 14.4 Å². The summed E-state index contributed by atoms with van der Waals surface area (Å²) in [4.78, 5) is 38.4. The molecule has 3 amide bonds. The van der Waals surface area contributed by atoms with Crippen LogP contribution in [0.5, 0.6) is 0 Å². The zero-order valence-electron chi connectivity index (χ0n) is 16.8. The third-order valence-electron chi connectivity index (χ3n) is 4.11. The largest absolute Gasteiger partial charge is 0.351 e. The molecule has 1 aromatic heterocycles. The average molecular weight is 468 g/mol. The number of thioether (sulfide) groups is 1. The van der Waals surface area contributed by atoms with Crippen LogP contribution < -0.4 is 15.5 Å². The summed E-state index contributed by atoms with van der Waals surface area (Å²) < 4.78 is 0.583. The predicted molar refractivity (Wildman–Crippen MR) is 119 cm³/mol. The first-order valence-electron chi connectivity index (χ1n) is 9.25. The van der Waals surface area contributed by atoms with E-state index >= 15 is 0 Å². The summed E-state index contributed by atoms with van der Waals surface area (Å²) in [6.07, 6.45) is 0.127. The number of carbonyl (C=O) groups is 3. The van der Waals surface area contributed by atoms with Crippen molar-refractivity contribution in [3.05, 3.63) is 29.3 Å². The molecule has 0 aliphatic carbocycles. The Hall–Kier alpha value is -2.17. The summed E-state index contributed by atoms with van der Waals surface area (Å²) in [5, 5.41) is 14.5. The highest BCUT2D eigenvalue weighted by Gasteiger charge is 2.35. The minimum Gasteiger partial charge on any atom is -0.351 e. The molecular formula is C19H22ClN5O3S2. The Morgan fingerprint density at radius 3 is 2.63 bits per heavy atom. The van der Waals surface area contributed by atoms with Crippen molar-refractivity contribution < 1.29 is 14.4 Å². The number of nitrogens with one attached hydrogen (secondary N) is 2. The van der Waals surface area contributed by atoms with Crippen molar-refractivity contribution in [2.24, 2.45) is 5.92 Å². The third kappa shape index (κ3) is 6.16. The topological polar surface area (TPSA) is 104 Å². The molecule has 0 radical (unpaired) electrons. The van der Waals surface area contributed by atoms with Gasteiger partial charge in [-0.1, -0.05) is 34.7 Å². The highest BCUT2D eigenvalue weighted by atomic mass is 35.5. The lowest BCUT2D eigenvalue weighted by Crippen LogP contribution is -2.41. The van der Waals surface area contributed by atoms with Gasteiger partial charge in [0.25, 0.3) is 0 Å². The van der Waals surface area contributed by atoms with E-state index in [-0.39, 0.29) is 35.4 Å². The van der Waals surface area contributed by atoms with Crippen molar-refractivity contribution in [2.75, 3.05) is 22.5 Å². The Morgan fingerprint density at radius 1 is 1.27 bits per heavy atom. The van der Waals surface area contributed by atoms with Crippen LogP contribution in [0.25, 0.3) is 0 Å². The number of amides is 3. The number of rotatable bonds is 6. The maximum absolute atomic E-state index is 12.6. The first kappa shape index (κ1) is 22.5. The van der Waals surface area contributed by atoms with Crippen LogP contribution in [-0.2, 0) is 14.4 Å². The van der Waals surface area contributed by atoms with E-state index in [1.54, 1.807) is 29.2 Å². The van der Waals surface area contributed by atoms with Crippen molar-refractivity contribution in [2.45, 2.75) is 37.1 Å². The smallest absolute Gasteiger partial charge is 0.231 e. The normalized spacial score (nSPS) is 16.6. The van der Waals surface area contributed by atoms with Gasteiger partial charge in [0, 0.05) is 29.2 Å². The number of halogens is 1. The first-order chi connectivity index (χ1) is 14.1. The second kappa shape index (κ2) is 9.32. The van der Waals surface area contributed by atoms with Crippen LogP contribution in [0.1, 0.15) is 27.2 Å². The Morgan fingerprint density at radius 2 is 1.97 bits per heavy atom. The molecule has 2 aromatic rings. The molecule has 8 nitrogen and oxygen atoms in total. The number of benzene rings is 1. The quantitative estimate of drug-likeness (QED) is 0.499. The van der Waals surface area contributed by atoms with Gasteiger partial charge < -0.3 is 15.5 Å². The summed E-state index contributed by atoms with van der Waals surface area (Å²) in [6.45, 7) is 6.03. The summed E-state index contributed by atoms with van der Waals surface area (Å²) in [5.41, 5.74) is 0.416. The molecule has 1 saturated heterocycles. The molecule has 1 aliphatic heterocycles. The van der Waals surface area contributed by atoms with Crippen LogP contribution in [0.15, 0.2) is 28.6 Å². The second-order valence-electron chi connectivity index (χ2n) is 7.83. The maximum atomic E-state index is 12.6. The molecule has 160 valence electrons. The number of carbonyl (C=O) groups excluding carboxylic acids is 3. The van der Waals surface area contributed by atoms with Gasteiger partial charge in [-0.2, -0.15) is 0 Å². The SMILES string of the molecule is CC(C)(C)NC(=O)CSc1nnc(NC(=O)C2CC(=O)N(c3ccc(Cl)cc3)C2)s1. The number of anilines is 2. The number of hydrogen-bond acceptors (Lipinski definition) is 7. The molecule has 1 unspecified atom stereocenters. The predicted octanol–water partition coefficient (Wildman–Crippen LogP) is 3.19. The zero-order chi connectivity index (χ0) is 21.9. The molecule has 11 heteroatoms. The van der Waals surface area contributed by atoms with Gasteiger partial charge in [0.05, 0.1) is 11.7 Å². The van der Waals surface area contributed by atoms with Crippen molar-refractivity contribution >= 4 is 63.2 Å². The molecule has 30 heavy (non-hydrogen) atoms. The fourth-order valence-electron chi connectivity index (χ4n) is 2.86. The second-order valence-corrected chi connectivity index (χ2v) is 10.5. The monoisotopic (exact) mass is 467 g/mol. The molecule has 2 heterocycles. The lowest BCUT2D eigenvalue weighted by Gasteiger charge is -2.19. The van der Waals surface area contributed by atoms with Crippen molar-refractivity contribution in [1.29, 1.82) is 0 Å².